The second kappa shape index (κ2) is 7.90. The van der Waals surface area contributed by atoms with E-state index in [1.165, 1.54) is 16.7 Å². The molecular formula is C18H21N5O4. The van der Waals surface area contributed by atoms with Crippen molar-refractivity contribution >= 4 is 23.0 Å². The molecule has 27 heavy (non-hydrogen) atoms. The van der Waals surface area contributed by atoms with Crippen molar-refractivity contribution in [2.24, 2.45) is 0 Å². The summed E-state index contributed by atoms with van der Waals surface area (Å²) in [4.78, 5) is 34.3. The van der Waals surface area contributed by atoms with Crippen LogP contribution in [0.2, 0.25) is 0 Å². The van der Waals surface area contributed by atoms with Crippen molar-refractivity contribution in [3.8, 4) is 6.01 Å². The molecule has 2 aromatic heterocycles. The summed E-state index contributed by atoms with van der Waals surface area (Å²) in [5, 5.41) is 8.95. The van der Waals surface area contributed by atoms with Crippen LogP contribution in [0.25, 0.3) is 11.2 Å². The molecule has 3 aromatic rings. The van der Waals surface area contributed by atoms with Crippen molar-refractivity contribution in [2.75, 3.05) is 12.3 Å². The first-order chi connectivity index (χ1) is 13.0. The molecule has 0 radical (unpaired) electrons. The van der Waals surface area contributed by atoms with Crippen LogP contribution >= 0.6 is 0 Å². The number of aryl methyl sites for hydroxylation is 2. The van der Waals surface area contributed by atoms with Gasteiger partial charge in [0.2, 0.25) is 0 Å². The van der Waals surface area contributed by atoms with Crippen molar-refractivity contribution in [3.63, 3.8) is 0 Å². The maximum atomic E-state index is 12.3. The zero-order chi connectivity index (χ0) is 19.4. The zero-order valence-electron chi connectivity index (χ0n) is 14.9. The first-order valence-electron chi connectivity index (χ1n) is 8.70. The second-order valence-electron chi connectivity index (χ2n) is 6.13. The summed E-state index contributed by atoms with van der Waals surface area (Å²) in [5.41, 5.74) is 7.48. The molecule has 142 valence electrons. The SMILES string of the molecule is CCCCOc1nc(N)c2[nH]c(=O)n(CCc3ccc(C(=O)O)cc3)c2n1. The average Bonchev–Trinajstić information content (AvgIpc) is 2.96. The molecule has 0 fully saturated rings. The Kier molecular flexibility index (Phi) is 5.39. The third-order valence-electron chi connectivity index (χ3n) is 4.18. The molecule has 0 atom stereocenters. The summed E-state index contributed by atoms with van der Waals surface area (Å²) in [7, 11) is 0. The van der Waals surface area contributed by atoms with Gasteiger partial charge in [0.05, 0.1) is 12.2 Å². The van der Waals surface area contributed by atoms with E-state index in [0.29, 0.717) is 30.7 Å². The van der Waals surface area contributed by atoms with E-state index in [1.54, 1.807) is 12.1 Å². The van der Waals surface area contributed by atoms with Gasteiger partial charge in [-0.3, -0.25) is 4.57 Å². The lowest BCUT2D eigenvalue weighted by molar-refractivity contribution is 0.0697. The summed E-state index contributed by atoms with van der Waals surface area (Å²) in [6, 6.07) is 6.68. The van der Waals surface area contributed by atoms with Crippen molar-refractivity contribution in [2.45, 2.75) is 32.7 Å². The van der Waals surface area contributed by atoms with Gasteiger partial charge in [0, 0.05) is 6.54 Å². The van der Waals surface area contributed by atoms with E-state index in [-0.39, 0.29) is 23.1 Å². The van der Waals surface area contributed by atoms with Crippen molar-refractivity contribution in [3.05, 3.63) is 45.9 Å². The quantitative estimate of drug-likeness (QED) is 0.514. The van der Waals surface area contributed by atoms with E-state index in [9.17, 15) is 9.59 Å². The average molecular weight is 371 g/mol. The van der Waals surface area contributed by atoms with E-state index >= 15 is 0 Å². The van der Waals surface area contributed by atoms with Gasteiger partial charge >= 0.3 is 17.7 Å². The Morgan fingerprint density at radius 2 is 2.04 bits per heavy atom. The molecule has 0 unspecified atom stereocenters. The Labute approximate surface area is 154 Å². The number of carbonyl (C=O) groups is 1. The predicted octanol–water partition coefficient (Wildman–Crippen LogP) is 1.82. The van der Waals surface area contributed by atoms with Gasteiger partial charge in [0.15, 0.2) is 11.5 Å². The minimum Gasteiger partial charge on any atom is -0.478 e. The molecule has 1 aromatic carbocycles. The van der Waals surface area contributed by atoms with E-state index in [2.05, 4.69) is 21.9 Å². The van der Waals surface area contributed by atoms with E-state index < -0.39 is 5.97 Å². The predicted molar refractivity (Wildman–Crippen MR) is 100 cm³/mol. The number of aromatic carboxylic acids is 1. The van der Waals surface area contributed by atoms with Crippen molar-refractivity contribution in [1.82, 2.24) is 19.5 Å². The van der Waals surface area contributed by atoms with Crippen LogP contribution in [0, 0.1) is 0 Å². The minimum absolute atomic E-state index is 0.145. The van der Waals surface area contributed by atoms with Gasteiger partial charge in [0.25, 0.3) is 0 Å². The van der Waals surface area contributed by atoms with Gasteiger partial charge < -0.3 is 20.6 Å². The van der Waals surface area contributed by atoms with Crippen LogP contribution in [0.3, 0.4) is 0 Å². The highest BCUT2D eigenvalue weighted by Gasteiger charge is 2.14. The number of nitrogen functional groups attached to an aromatic ring is 1. The first-order valence-corrected chi connectivity index (χ1v) is 8.70. The smallest absolute Gasteiger partial charge is 0.335 e. The Balaban J connectivity index is 1.83. The first kappa shape index (κ1) is 18.4. The zero-order valence-corrected chi connectivity index (χ0v) is 14.9. The molecule has 9 heteroatoms. The highest BCUT2D eigenvalue weighted by atomic mass is 16.5. The molecule has 0 amide bonds. The normalized spacial score (nSPS) is 11.0. The number of ether oxygens (including phenoxy) is 1. The fourth-order valence-electron chi connectivity index (χ4n) is 2.67. The second-order valence-corrected chi connectivity index (χ2v) is 6.13. The number of carboxylic acids is 1. The van der Waals surface area contributed by atoms with Crippen LogP contribution < -0.4 is 16.2 Å². The molecule has 4 N–H and O–H groups in total. The van der Waals surface area contributed by atoms with Crippen molar-refractivity contribution in [1.29, 1.82) is 0 Å². The molecule has 0 saturated heterocycles. The third kappa shape index (κ3) is 4.08. The van der Waals surface area contributed by atoms with Crippen LogP contribution in [0.15, 0.2) is 29.1 Å². The number of imidazole rings is 1. The lowest BCUT2D eigenvalue weighted by atomic mass is 10.1. The van der Waals surface area contributed by atoms with E-state index in [0.717, 1.165) is 18.4 Å². The number of aromatic nitrogens is 4. The third-order valence-corrected chi connectivity index (χ3v) is 4.18. The number of aromatic amines is 1. The minimum atomic E-state index is -0.975. The maximum absolute atomic E-state index is 12.3. The van der Waals surface area contributed by atoms with Crippen LogP contribution in [0.4, 0.5) is 5.82 Å². The van der Waals surface area contributed by atoms with Gasteiger partial charge in [-0.15, -0.1) is 0 Å². The Hall–Kier alpha value is -3.36. The number of carboxylic acid groups (broad SMARTS) is 1. The van der Waals surface area contributed by atoms with Gasteiger partial charge in [0.1, 0.15) is 5.52 Å². The Morgan fingerprint density at radius 1 is 1.30 bits per heavy atom. The summed E-state index contributed by atoms with van der Waals surface area (Å²) in [5.74, 6) is -0.815. The van der Waals surface area contributed by atoms with Crippen LogP contribution in [-0.4, -0.2) is 37.2 Å². The fraction of sp³-hybridized carbons (Fsp3) is 0.333. The molecule has 0 spiro atoms. The number of H-pyrrole nitrogens is 1. The van der Waals surface area contributed by atoms with Crippen molar-refractivity contribution < 1.29 is 14.6 Å². The number of rotatable bonds is 8. The topological polar surface area (TPSA) is 136 Å². The number of nitrogens with zero attached hydrogens (tertiary/aromatic N) is 3. The summed E-state index contributed by atoms with van der Waals surface area (Å²) in [6.45, 7) is 2.89. The van der Waals surface area contributed by atoms with Gasteiger partial charge in [-0.2, -0.15) is 9.97 Å². The number of hydrogen-bond donors (Lipinski definition) is 3. The maximum Gasteiger partial charge on any atom is 0.335 e. The molecule has 0 aliphatic rings. The number of nitrogens with one attached hydrogen (secondary N) is 1. The molecule has 3 rings (SSSR count). The molecular weight excluding hydrogens is 350 g/mol. The monoisotopic (exact) mass is 371 g/mol. The number of anilines is 1. The number of hydrogen-bond acceptors (Lipinski definition) is 6. The highest BCUT2D eigenvalue weighted by molar-refractivity contribution is 5.87. The Bertz CT molecular complexity index is 1010. The summed E-state index contributed by atoms with van der Waals surface area (Å²) >= 11 is 0. The van der Waals surface area contributed by atoms with Crippen LogP contribution in [0.1, 0.15) is 35.7 Å². The standard InChI is InChI=1S/C18H21N5O4/c1-2-3-10-27-17-21-14(19)13-15(22-17)23(18(26)20-13)9-8-11-4-6-12(7-5-11)16(24)25/h4-7H,2-3,8-10H2,1H3,(H,20,26)(H,24,25)(H2,19,21,22). The Morgan fingerprint density at radius 3 is 2.70 bits per heavy atom. The highest BCUT2D eigenvalue weighted by Crippen LogP contribution is 2.18. The molecule has 0 saturated carbocycles. The van der Waals surface area contributed by atoms with Gasteiger partial charge in [-0.05, 0) is 30.5 Å². The van der Waals surface area contributed by atoms with Crippen LogP contribution in [-0.2, 0) is 13.0 Å². The molecule has 9 nitrogen and oxygen atoms in total. The van der Waals surface area contributed by atoms with Crippen LogP contribution in [0.5, 0.6) is 6.01 Å². The molecule has 0 aliphatic heterocycles. The lowest BCUT2D eigenvalue weighted by Crippen LogP contribution is -2.18. The number of nitrogens with two attached hydrogens (primary N) is 1. The largest absolute Gasteiger partial charge is 0.478 e. The van der Waals surface area contributed by atoms with Gasteiger partial charge in [-0.25, -0.2) is 9.59 Å². The van der Waals surface area contributed by atoms with E-state index in [4.69, 9.17) is 15.6 Å². The number of unbranched alkanes of at least 4 members (excludes halogenated alkanes) is 1. The molecule has 2 heterocycles. The summed E-state index contributed by atoms with van der Waals surface area (Å²) in [6.07, 6.45) is 2.38. The summed E-state index contributed by atoms with van der Waals surface area (Å²) < 4.78 is 6.99. The molecule has 0 aliphatic carbocycles. The number of fused-ring (bicyclic) bond motifs is 1. The van der Waals surface area contributed by atoms with E-state index in [1.807, 2.05) is 0 Å². The lowest BCUT2D eigenvalue weighted by Gasteiger charge is -2.07. The number of benzene rings is 1. The fourth-order valence-corrected chi connectivity index (χ4v) is 2.67. The molecule has 0 bridgehead atoms. The van der Waals surface area contributed by atoms with Gasteiger partial charge in [-0.1, -0.05) is 25.5 Å².